The van der Waals surface area contributed by atoms with Crippen LogP contribution in [-0.4, -0.2) is 42.1 Å². The first kappa shape index (κ1) is 37.2. The van der Waals surface area contributed by atoms with E-state index in [9.17, 15) is 9.59 Å². The van der Waals surface area contributed by atoms with Crippen molar-refractivity contribution in [2.45, 2.75) is 101 Å². The lowest BCUT2D eigenvalue weighted by Crippen LogP contribution is -2.18. The number of carbonyl (C=O) groups excluding carboxylic acids is 2. The van der Waals surface area contributed by atoms with Crippen LogP contribution in [0.5, 0.6) is 11.5 Å². The number of aromatic nitrogens is 2. The number of ketones is 1. The number of halogens is 3. The lowest BCUT2D eigenvalue weighted by atomic mass is 9.91. The average Bonchev–Trinajstić information content (AvgIpc) is 3.25. The van der Waals surface area contributed by atoms with Gasteiger partial charge < -0.3 is 14.2 Å². The van der Waals surface area contributed by atoms with Gasteiger partial charge in [-0.15, -0.1) is 11.8 Å². The summed E-state index contributed by atoms with van der Waals surface area (Å²) < 4.78 is 49.0. The zero-order valence-electron chi connectivity index (χ0n) is 29.0. The molecule has 266 valence electrons. The molecule has 7 nitrogen and oxygen atoms in total. The number of methoxy groups -OCH3 is 2. The molecule has 2 aliphatic rings. The van der Waals surface area contributed by atoms with Crippen LogP contribution < -0.4 is 9.47 Å². The number of ether oxygens (including phenoxy) is 3. The number of Topliss-reactive ketones (excluding diaryl/α,β-unsaturated/α-hetero) is 1. The van der Waals surface area contributed by atoms with Crippen molar-refractivity contribution in [3.63, 3.8) is 0 Å². The van der Waals surface area contributed by atoms with E-state index >= 15 is 8.78 Å². The molecule has 1 aromatic heterocycles. The Hall–Kier alpha value is -3.11. The van der Waals surface area contributed by atoms with Gasteiger partial charge in [-0.25, -0.2) is 4.98 Å². The number of imidazole rings is 1. The number of thioether (sulfide) groups is 1. The van der Waals surface area contributed by atoms with E-state index in [4.69, 9.17) is 25.8 Å². The van der Waals surface area contributed by atoms with Crippen molar-refractivity contribution >= 4 is 35.1 Å². The summed E-state index contributed by atoms with van der Waals surface area (Å²) in [6.45, 7) is 4.99. The summed E-state index contributed by atoms with van der Waals surface area (Å²) in [5, 5.41) is -0.422. The summed E-state index contributed by atoms with van der Waals surface area (Å²) in [5.74, 6) is -1.83. The summed E-state index contributed by atoms with van der Waals surface area (Å²) in [7, 11) is 3.15. The summed E-state index contributed by atoms with van der Waals surface area (Å²) in [6.07, 6.45) is 7.21. The third kappa shape index (κ3) is 8.44. The maximum absolute atomic E-state index is 15.4. The molecule has 2 unspecified atom stereocenters. The van der Waals surface area contributed by atoms with Gasteiger partial charge in [-0.05, 0) is 74.3 Å². The Bertz CT molecular complexity index is 1640. The number of esters is 1. The Morgan fingerprint density at radius 1 is 1.02 bits per heavy atom. The molecule has 3 aromatic rings. The Morgan fingerprint density at radius 3 is 2.47 bits per heavy atom. The topological polar surface area (TPSA) is 79.7 Å². The third-order valence-electron chi connectivity index (χ3n) is 9.76. The Kier molecular flexibility index (Phi) is 12.3. The largest absolute Gasteiger partial charge is 0.493 e. The van der Waals surface area contributed by atoms with Crippen LogP contribution >= 0.6 is 23.4 Å². The van der Waals surface area contributed by atoms with Crippen molar-refractivity contribution in [3.05, 3.63) is 69.8 Å². The monoisotopic (exact) mass is 716 g/mol. The molecular formula is C38H47ClF2N2O5S. The van der Waals surface area contributed by atoms with Gasteiger partial charge in [-0.2, -0.15) is 8.78 Å². The molecular weight excluding hydrogens is 670 g/mol. The number of nitrogens with zero attached hydrogens (tertiary/aromatic N) is 2. The van der Waals surface area contributed by atoms with Gasteiger partial charge in [-0.3, -0.25) is 14.2 Å². The lowest BCUT2D eigenvalue weighted by molar-refractivity contribution is -0.144. The van der Waals surface area contributed by atoms with Crippen molar-refractivity contribution in [2.75, 3.05) is 20.8 Å². The Balaban J connectivity index is 1.48. The number of fused-ring (bicyclic) bond motifs is 3. The molecule has 0 saturated heterocycles. The molecule has 0 amide bonds. The number of benzene rings is 2. The minimum absolute atomic E-state index is 0.0878. The Morgan fingerprint density at radius 2 is 1.78 bits per heavy atom. The molecule has 2 heterocycles. The van der Waals surface area contributed by atoms with Crippen molar-refractivity contribution in [3.8, 4) is 17.2 Å². The molecule has 1 aliphatic heterocycles. The summed E-state index contributed by atoms with van der Waals surface area (Å²) >= 11 is 8.12. The molecule has 4 atom stereocenters. The highest BCUT2D eigenvalue weighted by Crippen LogP contribution is 2.55. The summed E-state index contributed by atoms with van der Waals surface area (Å²) in [5.41, 5.74) is 3.25. The van der Waals surface area contributed by atoms with Crippen LogP contribution in [0, 0.1) is 11.8 Å². The molecule has 2 aromatic carbocycles. The minimum Gasteiger partial charge on any atom is -0.493 e. The van der Waals surface area contributed by atoms with E-state index in [0.29, 0.717) is 71.3 Å². The van der Waals surface area contributed by atoms with E-state index in [-0.39, 0.29) is 24.0 Å². The molecule has 0 bridgehead atoms. The van der Waals surface area contributed by atoms with E-state index in [1.165, 1.54) is 0 Å². The highest BCUT2D eigenvalue weighted by atomic mass is 35.5. The first-order valence-corrected chi connectivity index (χ1v) is 18.6. The lowest BCUT2D eigenvalue weighted by Gasteiger charge is -2.24. The van der Waals surface area contributed by atoms with E-state index in [0.717, 1.165) is 56.6 Å². The summed E-state index contributed by atoms with van der Waals surface area (Å²) in [6, 6.07) is 10.9. The third-order valence-corrected chi connectivity index (χ3v) is 11.5. The molecule has 1 fully saturated rings. The zero-order chi connectivity index (χ0) is 35.3. The molecule has 5 rings (SSSR count). The van der Waals surface area contributed by atoms with Gasteiger partial charge >= 0.3 is 11.9 Å². The van der Waals surface area contributed by atoms with Gasteiger partial charge in [-0.1, -0.05) is 49.9 Å². The minimum atomic E-state index is -3.24. The predicted molar refractivity (Wildman–Crippen MR) is 189 cm³/mol. The number of rotatable bonds is 13. The van der Waals surface area contributed by atoms with Gasteiger partial charge in [0.25, 0.3) is 0 Å². The van der Waals surface area contributed by atoms with Gasteiger partial charge in [0.1, 0.15) is 5.78 Å². The molecule has 0 spiro atoms. The van der Waals surface area contributed by atoms with E-state index < -0.39 is 16.4 Å². The van der Waals surface area contributed by atoms with Crippen molar-refractivity contribution in [2.24, 2.45) is 11.8 Å². The molecule has 0 radical (unpaired) electrons. The number of hydrogen-bond donors (Lipinski definition) is 0. The second kappa shape index (κ2) is 16.3. The standard InChI is InChI=1S/C38H47ClF2N2O5S/c1-6-29-34-32(22-26(44)18-16-23-10-8-11-24(15-14-23)20-33(45)48-7-2)49-36(27-12-9-13-31(46-4)35(27)47-5)28-21-25(39)17-19-30(28)43(34)37(42-29)38(3,40)41/h9,12-13,17,19,21,23-24,32,36H,6-8,10-11,14-16,18,20,22H2,1-5H3/t23?,24?,32-,36-/m1/s1. The molecule has 0 N–H and O–H groups in total. The van der Waals surface area contributed by atoms with E-state index in [1.54, 1.807) is 42.7 Å². The number of para-hydroxylation sites is 1. The molecule has 49 heavy (non-hydrogen) atoms. The normalized spacial score (nSPS) is 20.8. The predicted octanol–water partition coefficient (Wildman–Crippen LogP) is 9.98. The van der Waals surface area contributed by atoms with Gasteiger partial charge in [0.05, 0.1) is 48.4 Å². The van der Waals surface area contributed by atoms with Gasteiger partial charge in [0.15, 0.2) is 17.3 Å². The van der Waals surface area contributed by atoms with Crippen LogP contribution in [0.25, 0.3) is 5.69 Å². The zero-order valence-corrected chi connectivity index (χ0v) is 30.6. The Labute approximate surface area is 297 Å². The van der Waals surface area contributed by atoms with Crippen LogP contribution in [0.1, 0.15) is 117 Å². The van der Waals surface area contributed by atoms with Crippen LogP contribution in [0.2, 0.25) is 5.02 Å². The molecule has 11 heteroatoms. The van der Waals surface area contributed by atoms with Crippen molar-refractivity contribution in [1.82, 2.24) is 9.55 Å². The smallest absolute Gasteiger partial charge is 0.306 e. The summed E-state index contributed by atoms with van der Waals surface area (Å²) in [4.78, 5) is 30.5. The number of hydrogen-bond acceptors (Lipinski definition) is 7. The molecule has 1 saturated carbocycles. The molecule has 1 aliphatic carbocycles. The fourth-order valence-electron chi connectivity index (χ4n) is 7.43. The quantitative estimate of drug-likeness (QED) is 0.129. The van der Waals surface area contributed by atoms with Gasteiger partial charge in [0, 0.05) is 36.8 Å². The van der Waals surface area contributed by atoms with E-state index in [2.05, 4.69) is 4.98 Å². The van der Waals surface area contributed by atoms with Crippen molar-refractivity contribution < 1.29 is 32.6 Å². The fourth-order valence-corrected chi connectivity index (χ4v) is 9.26. The highest BCUT2D eigenvalue weighted by Gasteiger charge is 2.41. The first-order valence-electron chi connectivity index (χ1n) is 17.3. The SMILES string of the molecule is CCOC(=O)CC1CCCC(CCC(=O)C[C@H]2S[C@H](c3cccc(OC)c3OC)c3cc(Cl)ccc3-n3c(C(C)(F)F)nc(CC)c32)CC1. The van der Waals surface area contributed by atoms with E-state index in [1.807, 2.05) is 38.1 Å². The maximum Gasteiger partial charge on any atom is 0.306 e. The average molecular weight is 717 g/mol. The second-order valence-electron chi connectivity index (χ2n) is 13.2. The second-order valence-corrected chi connectivity index (χ2v) is 14.9. The van der Waals surface area contributed by atoms with Gasteiger partial charge in [0.2, 0.25) is 0 Å². The van der Waals surface area contributed by atoms with Crippen LogP contribution in [0.15, 0.2) is 36.4 Å². The maximum atomic E-state index is 15.4. The van der Waals surface area contributed by atoms with Crippen molar-refractivity contribution in [1.29, 1.82) is 0 Å². The highest BCUT2D eigenvalue weighted by molar-refractivity contribution is 8.00. The first-order chi connectivity index (χ1) is 23.5. The number of alkyl halides is 2. The van der Waals surface area contributed by atoms with Crippen LogP contribution in [0.3, 0.4) is 0 Å². The fraction of sp³-hybridized carbons (Fsp3) is 0.553. The van der Waals surface area contributed by atoms with Crippen LogP contribution in [-0.2, 0) is 26.7 Å². The number of aryl methyl sites for hydroxylation is 1. The van der Waals surface area contributed by atoms with Crippen LogP contribution in [0.4, 0.5) is 8.78 Å². The number of carbonyl (C=O) groups is 2.